The molecule has 5 N–H and O–H groups in total. The van der Waals surface area contributed by atoms with Gasteiger partial charge in [-0.2, -0.15) is 0 Å². The molecular formula is C57H79NO18. The summed E-state index contributed by atoms with van der Waals surface area (Å²) in [6.07, 6.45) is 9.64. The van der Waals surface area contributed by atoms with Crippen molar-refractivity contribution in [1.82, 2.24) is 5.32 Å². The molecule has 11 atom stereocenters. The third kappa shape index (κ3) is 15.1. The number of nitrogens with one attached hydrogen (secondary N) is 1. The van der Waals surface area contributed by atoms with Gasteiger partial charge in [0.25, 0.3) is 5.97 Å². The Morgan fingerprint density at radius 1 is 0.908 bits per heavy atom. The number of benzene rings is 2. The number of carboxylic acid groups (broad SMARTS) is 2. The van der Waals surface area contributed by atoms with Crippen molar-refractivity contribution in [2.24, 2.45) is 34.5 Å². The van der Waals surface area contributed by atoms with Gasteiger partial charge < -0.3 is 48.5 Å². The van der Waals surface area contributed by atoms with Gasteiger partial charge in [-0.25, -0.2) is 19.3 Å². The second-order valence-electron chi connectivity index (χ2n) is 21.0. The number of methoxy groups -OCH3 is 2. The Balaban J connectivity index is 0.00000100. The molecule has 3 fully saturated rings. The van der Waals surface area contributed by atoms with E-state index in [4.69, 9.17) is 53.1 Å². The van der Waals surface area contributed by atoms with E-state index in [0.29, 0.717) is 46.8 Å². The molecule has 3 aliphatic carbocycles. The summed E-state index contributed by atoms with van der Waals surface area (Å²) >= 11 is 0. The number of alkyl carbamates (subject to hydrolysis) is 1. The molecule has 2 aromatic rings. The molecule has 1 heterocycles. The van der Waals surface area contributed by atoms with Crippen molar-refractivity contribution in [2.45, 2.75) is 157 Å². The van der Waals surface area contributed by atoms with Gasteiger partial charge in [-0.3, -0.25) is 25.0 Å². The van der Waals surface area contributed by atoms with E-state index in [0.717, 1.165) is 6.92 Å². The lowest BCUT2D eigenvalue weighted by molar-refractivity contribution is -0.381. The average molecular weight is 1070 g/mol. The second kappa shape index (κ2) is 28.1. The van der Waals surface area contributed by atoms with Crippen LogP contribution < -0.4 is 14.8 Å². The van der Waals surface area contributed by atoms with Crippen LogP contribution in [0.1, 0.15) is 131 Å². The van der Waals surface area contributed by atoms with E-state index < -0.39 is 100 Å². The minimum absolute atomic E-state index is 0.0888. The van der Waals surface area contributed by atoms with E-state index in [9.17, 15) is 34.3 Å². The first-order valence-electron chi connectivity index (χ1n) is 24.8. The zero-order valence-corrected chi connectivity index (χ0v) is 46.2. The largest absolute Gasteiger partial charge is 0.497 e. The quantitative estimate of drug-likeness (QED) is 0.0226. The molecule has 19 nitrogen and oxygen atoms in total. The highest BCUT2D eigenvalue weighted by Crippen LogP contribution is 2.64. The van der Waals surface area contributed by atoms with Gasteiger partial charge in [-0.05, 0) is 101 Å². The van der Waals surface area contributed by atoms with E-state index in [1.807, 2.05) is 34.6 Å². The van der Waals surface area contributed by atoms with Gasteiger partial charge in [0, 0.05) is 49.1 Å². The number of hydrogen-bond acceptors (Lipinski definition) is 16. The van der Waals surface area contributed by atoms with Crippen LogP contribution in [0.4, 0.5) is 4.79 Å². The molecular weight excluding hydrogens is 987 g/mol. The van der Waals surface area contributed by atoms with E-state index in [1.165, 1.54) is 21.1 Å². The Kier molecular flexibility index (Phi) is 24.2. The molecule has 2 saturated carbocycles. The summed E-state index contributed by atoms with van der Waals surface area (Å²) in [5, 5.41) is 41.4. The first-order valence-corrected chi connectivity index (χ1v) is 24.8. The molecule has 2 unspecified atom stereocenters. The van der Waals surface area contributed by atoms with E-state index >= 15 is 0 Å². The summed E-state index contributed by atoms with van der Waals surface area (Å²) < 4.78 is 41.4. The Hall–Kier alpha value is -6.48. The molecule has 19 heteroatoms. The van der Waals surface area contributed by atoms with Crippen LogP contribution in [-0.4, -0.2) is 119 Å². The van der Waals surface area contributed by atoms with Crippen LogP contribution in [-0.2, 0) is 47.8 Å². The number of carboxylic acids is 2. The first-order chi connectivity index (χ1) is 35.5. The molecule has 1 saturated heterocycles. The minimum atomic E-state index is -1.53. The molecule has 76 heavy (non-hydrogen) atoms. The average Bonchev–Trinajstić information content (AvgIpc) is 3.34. The third-order valence-electron chi connectivity index (χ3n) is 14.4. The van der Waals surface area contributed by atoms with Crippen LogP contribution in [0.3, 0.4) is 0 Å². The zero-order chi connectivity index (χ0) is 58.3. The Labute approximate surface area is 447 Å². The van der Waals surface area contributed by atoms with Crippen molar-refractivity contribution in [3.63, 3.8) is 0 Å². The topological polar surface area (TPSA) is 269 Å². The number of carbonyl (C=O) groups is 6. The fourth-order valence-electron chi connectivity index (χ4n) is 10.6. The first kappa shape index (κ1) is 65.6. The second-order valence-corrected chi connectivity index (χ2v) is 21.0. The molecule has 6 rings (SSSR count). The van der Waals surface area contributed by atoms with Crippen molar-refractivity contribution < 1.29 is 87.4 Å². The Morgan fingerprint density at radius 2 is 1.50 bits per heavy atom. The van der Waals surface area contributed by atoms with Crippen molar-refractivity contribution >= 4 is 35.8 Å². The van der Waals surface area contributed by atoms with Crippen LogP contribution in [0, 0.1) is 60.2 Å². The maximum atomic E-state index is 15.0. The molecule has 2 aromatic carbocycles. The SMILES string of the molecule is C#C.C#C.CC(=O)O.COc1ccc(C(NC(=O)OC(C)(C)C)O[C@H](CCC(C)C)C(=O)O[C@@H]2C(C)=C3[C@@H](OC(C)=O)C(=O)[C@@]4(C)[C@H](CC(OO)([C@H]2C)C3(C)C)[C@@H]2CO[C@@H]2C[C@@H]4O)c(OC)c1.O=C(O)c1ccccc1. The lowest BCUT2D eigenvalue weighted by Gasteiger charge is -2.64. The fourth-order valence-corrected chi connectivity index (χ4v) is 10.6. The summed E-state index contributed by atoms with van der Waals surface area (Å²) in [6.45, 7) is 20.7. The summed E-state index contributed by atoms with van der Waals surface area (Å²) in [7, 11) is 2.96. The number of ketones is 1. The van der Waals surface area contributed by atoms with Gasteiger partial charge in [0.2, 0.25) is 0 Å². The van der Waals surface area contributed by atoms with Crippen LogP contribution in [0.5, 0.6) is 11.5 Å². The summed E-state index contributed by atoms with van der Waals surface area (Å²) in [6, 6.07) is 13.2. The number of ether oxygens (including phenoxy) is 7. The van der Waals surface area contributed by atoms with Crippen molar-refractivity contribution in [1.29, 1.82) is 0 Å². The summed E-state index contributed by atoms with van der Waals surface area (Å²) in [5.41, 5.74) is -3.49. The lowest BCUT2D eigenvalue weighted by atomic mass is 9.45. The predicted molar refractivity (Wildman–Crippen MR) is 280 cm³/mol. The highest BCUT2D eigenvalue weighted by atomic mass is 17.1. The number of aliphatic hydroxyl groups excluding tert-OH is 1. The number of aliphatic hydroxyl groups is 1. The maximum absolute atomic E-state index is 15.0. The van der Waals surface area contributed by atoms with E-state index in [2.05, 4.69) is 31.0 Å². The van der Waals surface area contributed by atoms with Crippen LogP contribution in [0.15, 0.2) is 59.7 Å². The maximum Gasteiger partial charge on any atom is 0.409 e. The normalized spacial score (nSPS) is 26.5. The number of hydrogen-bond donors (Lipinski definition) is 5. The fraction of sp³-hybridized carbons (Fsp3) is 0.579. The number of rotatable bonds is 14. The van der Waals surface area contributed by atoms with Crippen LogP contribution in [0.2, 0.25) is 0 Å². The molecule has 1 amide bonds. The zero-order valence-electron chi connectivity index (χ0n) is 46.2. The molecule has 1 aliphatic heterocycles. The number of esters is 2. The smallest absolute Gasteiger partial charge is 0.409 e. The van der Waals surface area contributed by atoms with Crippen molar-refractivity contribution in [3.8, 4) is 37.2 Å². The van der Waals surface area contributed by atoms with Gasteiger partial charge in [0.15, 0.2) is 24.2 Å². The number of aliphatic carboxylic acids is 1. The van der Waals surface area contributed by atoms with Crippen molar-refractivity contribution in [3.05, 3.63) is 70.8 Å². The number of amides is 1. The van der Waals surface area contributed by atoms with Gasteiger partial charge in [-0.15, -0.1) is 25.7 Å². The number of terminal acetylenes is 2. The number of carbonyl (C=O) groups excluding carboxylic acids is 4. The molecule has 0 spiro atoms. The van der Waals surface area contributed by atoms with Gasteiger partial charge in [0.1, 0.15) is 28.8 Å². The molecule has 0 radical (unpaired) electrons. The molecule has 420 valence electrons. The van der Waals surface area contributed by atoms with E-state index in [-0.39, 0.29) is 37.2 Å². The van der Waals surface area contributed by atoms with E-state index in [1.54, 1.807) is 83.1 Å². The number of fused-ring (bicyclic) bond motifs is 5. The Bertz CT molecular complexity index is 2380. The van der Waals surface area contributed by atoms with Crippen LogP contribution >= 0.6 is 0 Å². The highest BCUT2D eigenvalue weighted by Gasteiger charge is 2.70. The molecule has 4 aliphatic rings. The summed E-state index contributed by atoms with van der Waals surface area (Å²) in [5.74, 6) is -4.24. The highest BCUT2D eigenvalue weighted by molar-refractivity contribution is 5.95. The molecule has 0 aromatic heterocycles. The van der Waals surface area contributed by atoms with Gasteiger partial charge in [-0.1, -0.05) is 52.8 Å². The van der Waals surface area contributed by atoms with Crippen molar-refractivity contribution in [2.75, 3.05) is 20.8 Å². The minimum Gasteiger partial charge on any atom is -0.497 e. The number of aromatic carboxylic acids is 1. The predicted octanol–water partition coefficient (Wildman–Crippen LogP) is 8.46. The third-order valence-corrected chi connectivity index (χ3v) is 14.4. The molecule has 2 bridgehead atoms. The monoisotopic (exact) mass is 1070 g/mol. The Morgan fingerprint density at radius 3 is 1.96 bits per heavy atom. The van der Waals surface area contributed by atoms with Gasteiger partial charge >= 0.3 is 24.0 Å². The van der Waals surface area contributed by atoms with Crippen LogP contribution in [0.25, 0.3) is 0 Å². The standard InChI is InChI=1S/C44H65NO14.C7H6O2.C2H4O2.2C2H2/c1-22(2)14-17-30(56-38(45-40(50)58-41(6,7)8)27-16-15-26(52-12)18-31(27)53-13)39(49)57-35-23(3)34-36(55-25(5)46)37(48)43(11)29(28-21-54-32(28)19-33(43)47)20-44(59-51,24(35)4)42(34,9)10;8-7(9)6-4-2-1-3-5-6;1-2(3)4;2*1-2/h15-16,18,22,24,28-30,32-33,35-36,38,47,51H,14,17,19-21H2,1-13H3,(H,45,50);1-5H,(H,8,9);1H3,(H,3,4);2*1-2H/t24-,28-,29+,30+,32+,33-,35+,36+,38?,43-,44?;;;;/m0..../s1. The lowest BCUT2D eigenvalue weighted by Crippen LogP contribution is -2.71. The summed E-state index contributed by atoms with van der Waals surface area (Å²) in [4.78, 5) is 80.7. The van der Waals surface area contributed by atoms with Gasteiger partial charge in [0.05, 0.1) is 44.0 Å². The number of Topliss-reactive ketones (excluding diaryl/α,β-unsaturated/α-hetero) is 1.